The summed E-state index contributed by atoms with van der Waals surface area (Å²) < 4.78 is 0. The molecule has 1 aliphatic rings. The first-order valence-electron chi connectivity index (χ1n) is 8.00. The number of para-hydroxylation sites is 1. The molecule has 4 heteroatoms. The number of hydrogen-bond donors (Lipinski definition) is 1. The highest BCUT2D eigenvalue weighted by atomic mass is 35.5. The van der Waals surface area contributed by atoms with Gasteiger partial charge in [0.05, 0.1) is 0 Å². The Morgan fingerprint density at radius 1 is 1.22 bits per heavy atom. The molecular formula is C19H21ClN2O. The zero-order valence-corrected chi connectivity index (χ0v) is 14.0. The highest BCUT2D eigenvalue weighted by Gasteiger charge is 2.22. The first kappa shape index (κ1) is 15.9. The topological polar surface area (TPSA) is 32.3 Å². The van der Waals surface area contributed by atoms with Crippen LogP contribution in [-0.2, 0) is 0 Å². The van der Waals surface area contributed by atoms with E-state index in [9.17, 15) is 4.79 Å². The van der Waals surface area contributed by atoms with Gasteiger partial charge in [-0.3, -0.25) is 4.79 Å². The molecular weight excluding hydrogens is 308 g/mol. The standard InChI is InChI=1S/C19H21ClN2O/c1-14-9-10-15(20)12-18(14)19(23)21-16-6-5-11-22(13-16)17-7-3-2-4-8-17/h2-4,7-10,12,16H,5-6,11,13H2,1H3,(H,21,23). The Bertz CT molecular complexity index is 687. The third-order valence-corrected chi connectivity index (χ3v) is 4.56. The summed E-state index contributed by atoms with van der Waals surface area (Å²) >= 11 is 6.02. The average Bonchev–Trinajstić information content (AvgIpc) is 2.58. The molecule has 1 fully saturated rings. The Labute approximate surface area is 142 Å². The van der Waals surface area contributed by atoms with Crippen molar-refractivity contribution in [3.8, 4) is 0 Å². The molecule has 0 spiro atoms. The molecule has 0 bridgehead atoms. The second-order valence-electron chi connectivity index (χ2n) is 6.05. The van der Waals surface area contributed by atoms with Crippen LogP contribution in [0.5, 0.6) is 0 Å². The number of amides is 1. The van der Waals surface area contributed by atoms with Gasteiger partial charge < -0.3 is 10.2 Å². The van der Waals surface area contributed by atoms with E-state index in [2.05, 4.69) is 22.3 Å². The Balaban J connectivity index is 1.68. The van der Waals surface area contributed by atoms with Crippen molar-refractivity contribution in [2.24, 2.45) is 0 Å². The molecule has 2 aromatic carbocycles. The summed E-state index contributed by atoms with van der Waals surface area (Å²) in [5.41, 5.74) is 2.82. The highest BCUT2D eigenvalue weighted by molar-refractivity contribution is 6.31. The number of piperidine rings is 1. The van der Waals surface area contributed by atoms with Crippen LogP contribution in [0.1, 0.15) is 28.8 Å². The van der Waals surface area contributed by atoms with Crippen LogP contribution in [0.2, 0.25) is 5.02 Å². The van der Waals surface area contributed by atoms with E-state index in [1.807, 2.05) is 37.3 Å². The summed E-state index contributed by atoms with van der Waals surface area (Å²) in [6, 6.07) is 15.9. The van der Waals surface area contributed by atoms with Crippen molar-refractivity contribution in [2.75, 3.05) is 18.0 Å². The van der Waals surface area contributed by atoms with Crippen LogP contribution in [0.25, 0.3) is 0 Å². The van der Waals surface area contributed by atoms with Gasteiger partial charge in [-0.2, -0.15) is 0 Å². The Kier molecular flexibility index (Phi) is 4.87. The van der Waals surface area contributed by atoms with Crippen LogP contribution in [0.4, 0.5) is 5.69 Å². The van der Waals surface area contributed by atoms with Crippen LogP contribution < -0.4 is 10.2 Å². The second-order valence-corrected chi connectivity index (χ2v) is 6.49. The van der Waals surface area contributed by atoms with E-state index >= 15 is 0 Å². The van der Waals surface area contributed by atoms with E-state index in [1.54, 1.807) is 6.07 Å². The molecule has 0 saturated carbocycles. The van der Waals surface area contributed by atoms with E-state index in [1.165, 1.54) is 5.69 Å². The van der Waals surface area contributed by atoms with Crippen molar-refractivity contribution in [1.29, 1.82) is 0 Å². The largest absolute Gasteiger partial charge is 0.369 e. The zero-order valence-electron chi connectivity index (χ0n) is 13.3. The van der Waals surface area contributed by atoms with Crippen LogP contribution in [0, 0.1) is 6.92 Å². The van der Waals surface area contributed by atoms with Gasteiger partial charge in [-0.05, 0) is 49.6 Å². The maximum absolute atomic E-state index is 12.5. The number of nitrogens with zero attached hydrogens (tertiary/aromatic N) is 1. The van der Waals surface area contributed by atoms with E-state index in [0.717, 1.165) is 31.5 Å². The summed E-state index contributed by atoms with van der Waals surface area (Å²) in [6.07, 6.45) is 2.09. The van der Waals surface area contributed by atoms with Crippen LogP contribution in [0.15, 0.2) is 48.5 Å². The molecule has 3 nitrogen and oxygen atoms in total. The normalized spacial score (nSPS) is 17.8. The van der Waals surface area contributed by atoms with Gasteiger partial charge in [0.25, 0.3) is 5.91 Å². The number of aryl methyl sites for hydroxylation is 1. The second kappa shape index (κ2) is 7.05. The molecule has 0 aliphatic carbocycles. The smallest absolute Gasteiger partial charge is 0.251 e. The molecule has 0 radical (unpaired) electrons. The van der Waals surface area contributed by atoms with Crippen molar-refractivity contribution in [1.82, 2.24) is 5.32 Å². The fourth-order valence-electron chi connectivity index (χ4n) is 3.07. The van der Waals surface area contributed by atoms with Crippen LogP contribution >= 0.6 is 11.6 Å². The third kappa shape index (κ3) is 3.85. The fourth-order valence-corrected chi connectivity index (χ4v) is 3.24. The van der Waals surface area contributed by atoms with Gasteiger partial charge in [-0.25, -0.2) is 0 Å². The minimum Gasteiger partial charge on any atom is -0.369 e. The number of halogens is 1. The molecule has 23 heavy (non-hydrogen) atoms. The minimum atomic E-state index is -0.0371. The van der Waals surface area contributed by atoms with E-state index in [4.69, 9.17) is 11.6 Å². The van der Waals surface area contributed by atoms with Crippen LogP contribution in [-0.4, -0.2) is 25.0 Å². The SMILES string of the molecule is Cc1ccc(Cl)cc1C(=O)NC1CCCN(c2ccccc2)C1. The minimum absolute atomic E-state index is 0.0371. The molecule has 1 amide bonds. The first-order chi connectivity index (χ1) is 11.1. The molecule has 2 aromatic rings. The summed E-state index contributed by atoms with van der Waals surface area (Å²) in [5, 5.41) is 3.76. The van der Waals surface area contributed by atoms with Gasteiger partial charge in [0.15, 0.2) is 0 Å². The van der Waals surface area contributed by atoms with Crippen molar-refractivity contribution in [2.45, 2.75) is 25.8 Å². The summed E-state index contributed by atoms with van der Waals surface area (Å²) in [6.45, 7) is 3.81. The highest BCUT2D eigenvalue weighted by Crippen LogP contribution is 2.20. The third-order valence-electron chi connectivity index (χ3n) is 4.32. The molecule has 1 unspecified atom stereocenters. The van der Waals surface area contributed by atoms with Gasteiger partial charge in [0, 0.05) is 35.4 Å². The van der Waals surface area contributed by atoms with Gasteiger partial charge in [0.1, 0.15) is 0 Å². The number of anilines is 1. The number of rotatable bonds is 3. The monoisotopic (exact) mass is 328 g/mol. The van der Waals surface area contributed by atoms with Crippen molar-refractivity contribution < 1.29 is 4.79 Å². The Morgan fingerprint density at radius 3 is 2.78 bits per heavy atom. The first-order valence-corrected chi connectivity index (χ1v) is 8.38. The predicted molar refractivity (Wildman–Crippen MR) is 95.3 cm³/mol. The number of nitrogens with one attached hydrogen (secondary N) is 1. The molecule has 1 N–H and O–H groups in total. The number of hydrogen-bond acceptors (Lipinski definition) is 2. The maximum Gasteiger partial charge on any atom is 0.251 e. The fraction of sp³-hybridized carbons (Fsp3) is 0.316. The van der Waals surface area contributed by atoms with E-state index in [0.29, 0.717) is 10.6 Å². The predicted octanol–water partition coefficient (Wildman–Crippen LogP) is 4.05. The maximum atomic E-state index is 12.5. The van der Waals surface area contributed by atoms with Gasteiger partial charge in [-0.15, -0.1) is 0 Å². The Morgan fingerprint density at radius 2 is 2.00 bits per heavy atom. The molecule has 120 valence electrons. The lowest BCUT2D eigenvalue weighted by Crippen LogP contribution is -2.48. The molecule has 0 aromatic heterocycles. The van der Waals surface area contributed by atoms with Gasteiger partial charge >= 0.3 is 0 Å². The van der Waals surface area contributed by atoms with Crippen molar-refractivity contribution >= 4 is 23.2 Å². The number of carbonyl (C=O) groups is 1. The van der Waals surface area contributed by atoms with Crippen molar-refractivity contribution in [3.05, 3.63) is 64.7 Å². The number of benzene rings is 2. The number of carbonyl (C=O) groups excluding carboxylic acids is 1. The van der Waals surface area contributed by atoms with Gasteiger partial charge in [-0.1, -0.05) is 35.9 Å². The van der Waals surface area contributed by atoms with E-state index < -0.39 is 0 Å². The lowest BCUT2D eigenvalue weighted by atomic mass is 10.0. The molecule has 1 heterocycles. The quantitative estimate of drug-likeness (QED) is 0.922. The average molecular weight is 329 g/mol. The molecule has 1 aliphatic heterocycles. The zero-order chi connectivity index (χ0) is 16.2. The molecule has 1 atom stereocenters. The lowest BCUT2D eigenvalue weighted by molar-refractivity contribution is 0.0932. The molecule has 3 rings (SSSR count). The lowest BCUT2D eigenvalue weighted by Gasteiger charge is -2.34. The summed E-state index contributed by atoms with van der Waals surface area (Å²) in [7, 11) is 0. The molecule has 1 saturated heterocycles. The Hall–Kier alpha value is -2.00. The summed E-state index contributed by atoms with van der Waals surface area (Å²) in [5.74, 6) is -0.0371. The van der Waals surface area contributed by atoms with Crippen molar-refractivity contribution in [3.63, 3.8) is 0 Å². The summed E-state index contributed by atoms with van der Waals surface area (Å²) in [4.78, 5) is 14.9. The van der Waals surface area contributed by atoms with E-state index in [-0.39, 0.29) is 11.9 Å². The van der Waals surface area contributed by atoms with Crippen LogP contribution in [0.3, 0.4) is 0 Å². The van der Waals surface area contributed by atoms with Gasteiger partial charge in [0.2, 0.25) is 0 Å².